The predicted molar refractivity (Wildman–Crippen MR) is 77.8 cm³/mol. The van der Waals surface area contributed by atoms with Crippen molar-refractivity contribution in [1.29, 1.82) is 0 Å². The van der Waals surface area contributed by atoms with Gasteiger partial charge in [-0.05, 0) is 29.5 Å². The number of hydrogen-bond acceptors (Lipinski definition) is 3. The normalized spacial score (nSPS) is 15.1. The zero-order valence-corrected chi connectivity index (χ0v) is 12.3. The maximum atomic E-state index is 5.70. The van der Waals surface area contributed by atoms with Gasteiger partial charge in [-0.1, -0.05) is 26.8 Å². The lowest BCUT2D eigenvalue weighted by molar-refractivity contribution is 0.297. The zero-order valence-electron chi connectivity index (χ0n) is 12.3. The second-order valence-electron chi connectivity index (χ2n) is 5.95. The van der Waals surface area contributed by atoms with E-state index < -0.39 is 0 Å². The van der Waals surface area contributed by atoms with Crippen LogP contribution in [0.4, 0.5) is 0 Å². The van der Waals surface area contributed by atoms with E-state index in [0.29, 0.717) is 5.41 Å². The van der Waals surface area contributed by atoms with E-state index in [1.165, 1.54) is 12.0 Å². The molecule has 106 valence electrons. The summed E-state index contributed by atoms with van der Waals surface area (Å²) >= 11 is 0. The molecule has 0 atom stereocenters. The molecule has 0 aromatic heterocycles. The Morgan fingerprint density at radius 3 is 2.63 bits per heavy atom. The van der Waals surface area contributed by atoms with Crippen molar-refractivity contribution in [2.75, 3.05) is 19.8 Å². The molecule has 1 heterocycles. The molecule has 0 aliphatic carbocycles. The molecule has 1 aromatic carbocycles. The second-order valence-corrected chi connectivity index (χ2v) is 5.95. The highest BCUT2D eigenvalue weighted by atomic mass is 16.5. The van der Waals surface area contributed by atoms with Crippen LogP contribution in [0.5, 0.6) is 11.5 Å². The van der Waals surface area contributed by atoms with Crippen LogP contribution in [0, 0.1) is 5.41 Å². The molecule has 1 aliphatic heterocycles. The predicted octanol–water partition coefficient (Wildman–Crippen LogP) is 3.37. The van der Waals surface area contributed by atoms with Gasteiger partial charge in [-0.25, -0.2) is 0 Å². The molecular weight excluding hydrogens is 238 g/mol. The average molecular weight is 263 g/mol. The van der Waals surface area contributed by atoms with Crippen LogP contribution in [0.25, 0.3) is 0 Å². The van der Waals surface area contributed by atoms with Gasteiger partial charge in [0.05, 0.1) is 13.2 Å². The highest BCUT2D eigenvalue weighted by Crippen LogP contribution is 2.30. The van der Waals surface area contributed by atoms with E-state index in [9.17, 15) is 0 Å². The van der Waals surface area contributed by atoms with Crippen LogP contribution in [-0.4, -0.2) is 19.8 Å². The average Bonchev–Trinajstić information content (AvgIpc) is 2.63. The van der Waals surface area contributed by atoms with Gasteiger partial charge in [0.15, 0.2) is 11.5 Å². The van der Waals surface area contributed by atoms with E-state index in [1.807, 2.05) is 6.07 Å². The fraction of sp³-hybridized carbons (Fsp3) is 0.625. The fourth-order valence-electron chi connectivity index (χ4n) is 1.99. The first-order valence-electron chi connectivity index (χ1n) is 7.20. The molecule has 0 unspecified atom stereocenters. The lowest BCUT2D eigenvalue weighted by Gasteiger charge is -2.23. The van der Waals surface area contributed by atoms with Crippen molar-refractivity contribution in [1.82, 2.24) is 5.32 Å². The van der Waals surface area contributed by atoms with Crippen molar-refractivity contribution in [3.63, 3.8) is 0 Å². The number of rotatable bonds is 5. The summed E-state index contributed by atoms with van der Waals surface area (Å²) in [4.78, 5) is 0. The van der Waals surface area contributed by atoms with Gasteiger partial charge < -0.3 is 14.8 Å². The van der Waals surface area contributed by atoms with E-state index >= 15 is 0 Å². The number of benzene rings is 1. The second kappa shape index (κ2) is 6.29. The summed E-state index contributed by atoms with van der Waals surface area (Å²) in [5, 5.41) is 3.52. The first kappa shape index (κ1) is 14.2. The zero-order chi connectivity index (χ0) is 13.7. The molecule has 1 N–H and O–H groups in total. The molecule has 0 radical (unpaired) electrons. The first-order chi connectivity index (χ1) is 9.11. The van der Waals surface area contributed by atoms with Crippen LogP contribution >= 0.6 is 0 Å². The Bertz CT molecular complexity index is 415. The highest BCUT2D eigenvalue weighted by Gasteiger charge is 2.14. The van der Waals surface area contributed by atoms with Gasteiger partial charge in [0.1, 0.15) is 0 Å². The van der Waals surface area contributed by atoms with Crippen molar-refractivity contribution < 1.29 is 9.47 Å². The summed E-state index contributed by atoms with van der Waals surface area (Å²) in [5.74, 6) is 1.75. The van der Waals surface area contributed by atoms with Crippen LogP contribution in [0.15, 0.2) is 18.2 Å². The molecule has 3 nitrogen and oxygen atoms in total. The SMILES string of the molecule is CCC(C)(C)CNCc1ccc2c(c1)OCCCO2. The monoisotopic (exact) mass is 263 g/mol. The van der Waals surface area contributed by atoms with Crippen LogP contribution in [0.2, 0.25) is 0 Å². The third kappa shape index (κ3) is 4.13. The Morgan fingerprint density at radius 2 is 1.89 bits per heavy atom. The summed E-state index contributed by atoms with van der Waals surface area (Å²) in [6.45, 7) is 10.2. The Kier molecular flexibility index (Phi) is 4.70. The molecule has 0 bridgehead atoms. The molecule has 0 amide bonds. The standard InChI is InChI=1S/C16H25NO2/c1-4-16(2,3)12-17-11-13-6-7-14-15(10-13)19-9-5-8-18-14/h6-7,10,17H,4-5,8-9,11-12H2,1-3H3. The summed E-state index contributed by atoms with van der Waals surface area (Å²) < 4.78 is 11.3. The Balaban J connectivity index is 1.93. The molecule has 0 saturated carbocycles. The van der Waals surface area contributed by atoms with Crippen LogP contribution in [0.3, 0.4) is 0 Å². The molecule has 2 rings (SSSR count). The number of nitrogens with one attached hydrogen (secondary N) is 1. The topological polar surface area (TPSA) is 30.5 Å². The lowest BCUT2D eigenvalue weighted by Crippen LogP contribution is -2.28. The molecule has 1 aliphatic rings. The molecule has 1 aromatic rings. The fourth-order valence-corrected chi connectivity index (χ4v) is 1.99. The molecular formula is C16H25NO2. The van der Waals surface area contributed by atoms with Gasteiger partial charge in [0.2, 0.25) is 0 Å². The van der Waals surface area contributed by atoms with E-state index in [0.717, 1.165) is 44.2 Å². The summed E-state index contributed by atoms with van der Waals surface area (Å²) in [6.07, 6.45) is 2.13. The molecule has 0 spiro atoms. The van der Waals surface area contributed by atoms with Crippen LogP contribution in [0.1, 0.15) is 39.2 Å². The Hall–Kier alpha value is -1.22. The van der Waals surface area contributed by atoms with Crippen molar-refractivity contribution >= 4 is 0 Å². The number of fused-ring (bicyclic) bond motifs is 1. The third-order valence-corrected chi connectivity index (χ3v) is 3.70. The van der Waals surface area contributed by atoms with E-state index in [2.05, 4.69) is 38.2 Å². The molecule has 0 fully saturated rings. The number of ether oxygens (including phenoxy) is 2. The quantitative estimate of drug-likeness (QED) is 0.883. The van der Waals surface area contributed by atoms with Gasteiger partial charge in [-0.2, -0.15) is 0 Å². The van der Waals surface area contributed by atoms with Crippen molar-refractivity contribution in [3.8, 4) is 11.5 Å². The number of hydrogen-bond donors (Lipinski definition) is 1. The van der Waals surface area contributed by atoms with Crippen LogP contribution < -0.4 is 14.8 Å². The van der Waals surface area contributed by atoms with Gasteiger partial charge in [-0.15, -0.1) is 0 Å². The van der Waals surface area contributed by atoms with E-state index in [1.54, 1.807) is 0 Å². The maximum absolute atomic E-state index is 5.70. The smallest absolute Gasteiger partial charge is 0.161 e. The van der Waals surface area contributed by atoms with Gasteiger partial charge >= 0.3 is 0 Å². The summed E-state index contributed by atoms with van der Waals surface area (Å²) in [5.41, 5.74) is 1.60. The third-order valence-electron chi connectivity index (χ3n) is 3.70. The minimum atomic E-state index is 0.352. The summed E-state index contributed by atoms with van der Waals surface area (Å²) in [7, 11) is 0. The minimum Gasteiger partial charge on any atom is -0.490 e. The maximum Gasteiger partial charge on any atom is 0.161 e. The van der Waals surface area contributed by atoms with Gasteiger partial charge in [-0.3, -0.25) is 0 Å². The highest BCUT2D eigenvalue weighted by molar-refractivity contribution is 5.43. The molecule has 19 heavy (non-hydrogen) atoms. The van der Waals surface area contributed by atoms with Crippen LogP contribution in [-0.2, 0) is 6.54 Å². The minimum absolute atomic E-state index is 0.352. The largest absolute Gasteiger partial charge is 0.490 e. The molecule has 3 heteroatoms. The Labute approximate surface area is 116 Å². The Morgan fingerprint density at radius 1 is 1.16 bits per heavy atom. The van der Waals surface area contributed by atoms with Gasteiger partial charge in [0.25, 0.3) is 0 Å². The first-order valence-corrected chi connectivity index (χ1v) is 7.20. The van der Waals surface area contributed by atoms with Gasteiger partial charge in [0, 0.05) is 19.5 Å². The van der Waals surface area contributed by atoms with E-state index in [4.69, 9.17) is 9.47 Å². The lowest BCUT2D eigenvalue weighted by atomic mass is 9.90. The van der Waals surface area contributed by atoms with E-state index in [-0.39, 0.29) is 0 Å². The molecule has 0 saturated heterocycles. The van der Waals surface area contributed by atoms with Crippen molar-refractivity contribution in [2.24, 2.45) is 5.41 Å². The summed E-state index contributed by atoms with van der Waals surface area (Å²) in [6, 6.07) is 6.22. The van der Waals surface area contributed by atoms with Crippen molar-refractivity contribution in [3.05, 3.63) is 23.8 Å². The van der Waals surface area contributed by atoms with Crippen molar-refractivity contribution in [2.45, 2.75) is 40.2 Å².